The Labute approximate surface area is 169 Å². The fourth-order valence-electron chi connectivity index (χ4n) is 3.36. The molecule has 0 fully saturated rings. The van der Waals surface area contributed by atoms with Gasteiger partial charge in [0.2, 0.25) is 0 Å². The Hall–Kier alpha value is -3.72. The largest absolute Gasteiger partial charge is 0.465 e. The van der Waals surface area contributed by atoms with Crippen LogP contribution in [0.1, 0.15) is 28.7 Å². The summed E-state index contributed by atoms with van der Waals surface area (Å²) in [5, 5.41) is 31.3. The van der Waals surface area contributed by atoms with Crippen LogP contribution in [-0.4, -0.2) is 30.9 Å². The van der Waals surface area contributed by atoms with Crippen molar-refractivity contribution < 1.29 is 14.8 Å². The molecule has 2 aromatic carbocycles. The monoisotopic (exact) mass is 411 g/mol. The van der Waals surface area contributed by atoms with Gasteiger partial charge in [-0.3, -0.25) is 14.7 Å². The summed E-state index contributed by atoms with van der Waals surface area (Å²) in [6, 6.07) is 11.8. The molecule has 0 aliphatic carbocycles. The number of fused-ring (bicyclic) bond motifs is 3. The van der Waals surface area contributed by atoms with Crippen LogP contribution in [0.2, 0.25) is 5.02 Å². The highest BCUT2D eigenvalue weighted by atomic mass is 35.5. The summed E-state index contributed by atoms with van der Waals surface area (Å²) < 4.78 is 1.68. The molecule has 146 valence electrons. The smallest absolute Gasteiger partial charge is 0.405 e. The predicted octanol–water partition coefficient (Wildman–Crippen LogP) is 3.76. The number of non-ortho nitro benzene ring substituents is 1. The second-order valence-electron chi connectivity index (χ2n) is 6.33. The van der Waals surface area contributed by atoms with E-state index < -0.39 is 11.0 Å². The number of nitrogens with one attached hydrogen (secondary N) is 1. The first-order chi connectivity index (χ1) is 14.0. The molecule has 1 unspecified atom stereocenters. The van der Waals surface area contributed by atoms with Gasteiger partial charge in [-0.25, -0.2) is 4.79 Å². The highest BCUT2D eigenvalue weighted by Crippen LogP contribution is 2.39. The van der Waals surface area contributed by atoms with Crippen LogP contribution in [0.5, 0.6) is 0 Å². The van der Waals surface area contributed by atoms with Gasteiger partial charge in [-0.1, -0.05) is 35.9 Å². The molecule has 1 atom stereocenters. The fourth-order valence-corrected chi connectivity index (χ4v) is 3.62. The number of amides is 1. The average molecular weight is 412 g/mol. The molecule has 2 N–H and O–H groups in total. The van der Waals surface area contributed by atoms with Gasteiger partial charge in [0.15, 0.2) is 11.6 Å². The van der Waals surface area contributed by atoms with Crippen LogP contribution in [0, 0.1) is 10.1 Å². The van der Waals surface area contributed by atoms with E-state index in [-0.39, 0.29) is 18.2 Å². The minimum atomic E-state index is -1.19. The Bertz CT molecular complexity index is 1160. The summed E-state index contributed by atoms with van der Waals surface area (Å²) in [5.41, 5.74) is 1.98. The fraction of sp³-hybridized carbons (Fsp3) is 0.105. The number of nitro groups is 1. The summed E-state index contributed by atoms with van der Waals surface area (Å²) in [5.74, 6) is 0.486. The van der Waals surface area contributed by atoms with Crippen molar-refractivity contribution in [2.75, 3.05) is 0 Å². The zero-order valence-electron chi connectivity index (χ0n) is 14.8. The molecule has 3 aromatic rings. The van der Waals surface area contributed by atoms with Crippen LogP contribution in [0.25, 0.3) is 11.8 Å². The summed E-state index contributed by atoms with van der Waals surface area (Å²) in [6.45, 7) is -0.0661. The molecule has 10 heteroatoms. The van der Waals surface area contributed by atoms with Crippen molar-refractivity contribution in [3.63, 3.8) is 0 Å². The standard InChI is InChI=1S/C19H14ClN5O4/c20-15-4-2-1-3-13(15)12-6-8-17-22-23-18(10-21-19(26)27)24(17)16-7-5-11(25(28)29)9-14(12)16/h1-9,12,21H,10H2,(H,26,27). The Morgan fingerprint density at radius 2 is 2.03 bits per heavy atom. The maximum atomic E-state index is 11.4. The van der Waals surface area contributed by atoms with E-state index in [1.165, 1.54) is 12.1 Å². The number of nitro benzene ring substituents is 1. The Kier molecular flexibility index (Phi) is 4.73. The van der Waals surface area contributed by atoms with Gasteiger partial charge < -0.3 is 10.4 Å². The number of hydrogen-bond donors (Lipinski definition) is 2. The first-order valence-corrected chi connectivity index (χ1v) is 8.96. The highest BCUT2D eigenvalue weighted by Gasteiger charge is 2.26. The summed E-state index contributed by atoms with van der Waals surface area (Å²) in [4.78, 5) is 21.8. The Balaban J connectivity index is 1.93. The Morgan fingerprint density at radius 3 is 2.76 bits per heavy atom. The van der Waals surface area contributed by atoms with Crippen LogP contribution >= 0.6 is 11.6 Å². The van der Waals surface area contributed by atoms with Crippen LogP contribution in [0.4, 0.5) is 10.5 Å². The van der Waals surface area contributed by atoms with Crippen LogP contribution < -0.4 is 5.32 Å². The van der Waals surface area contributed by atoms with E-state index in [0.717, 1.165) is 5.56 Å². The van der Waals surface area contributed by atoms with Crippen LogP contribution in [0.15, 0.2) is 48.5 Å². The third-order valence-corrected chi connectivity index (χ3v) is 4.97. The number of rotatable bonds is 4. The van der Waals surface area contributed by atoms with E-state index in [9.17, 15) is 14.9 Å². The van der Waals surface area contributed by atoms with Gasteiger partial charge in [-0.2, -0.15) is 0 Å². The van der Waals surface area contributed by atoms with Crippen molar-refractivity contribution >= 4 is 29.5 Å². The lowest BCUT2D eigenvalue weighted by molar-refractivity contribution is -0.384. The minimum Gasteiger partial charge on any atom is -0.465 e. The highest BCUT2D eigenvalue weighted by molar-refractivity contribution is 6.31. The molecule has 0 saturated heterocycles. The van der Waals surface area contributed by atoms with E-state index >= 15 is 0 Å². The quantitative estimate of drug-likeness (QED) is 0.497. The first kappa shape index (κ1) is 18.6. The number of aromatic nitrogens is 3. The molecular weight excluding hydrogens is 398 g/mol. The number of halogens is 1. The Morgan fingerprint density at radius 1 is 1.24 bits per heavy atom. The third kappa shape index (κ3) is 3.43. The maximum Gasteiger partial charge on any atom is 0.405 e. The molecule has 1 aliphatic heterocycles. The summed E-state index contributed by atoms with van der Waals surface area (Å²) >= 11 is 6.40. The number of carboxylic acid groups (broad SMARTS) is 1. The number of carbonyl (C=O) groups is 1. The van der Waals surface area contributed by atoms with Gasteiger partial charge in [0.25, 0.3) is 5.69 Å². The molecule has 0 bridgehead atoms. The molecule has 2 heterocycles. The molecule has 1 aliphatic rings. The number of hydrogen-bond acceptors (Lipinski definition) is 5. The number of benzene rings is 2. The lowest BCUT2D eigenvalue weighted by Crippen LogP contribution is -2.22. The normalized spacial score (nSPS) is 14.6. The topological polar surface area (TPSA) is 123 Å². The number of nitrogens with zero attached hydrogens (tertiary/aromatic N) is 4. The van der Waals surface area contributed by atoms with Crippen molar-refractivity contribution in [1.82, 2.24) is 20.1 Å². The molecular formula is C19H14ClN5O4. The van der Waals surface area contributed by atoms with Gasteiger partial charge >= 0.3 is 6.09 Å². The maximum absolute atomic E-state index is 11.4. The van der Waals surface area contributed by atoms with Gasteiger partial charge in [-0.15, -0.1) is 10.2 Å². The van der Waals surface area contributed by atoms with E-state index in [1.807, 2.05) is 24.3 Å². The lowest BCUT2D eigenvalue weighted by atomic mass is 9.89. The minimum absolute atomic E-state index is 0.0593. The first-order valence-electron chi connectivity index (χ1n) is 8.58. The predicted molar refractivity (Wildman–Crippen MR) is 105 cm³/mol. The van der Waals surface area contributed by atoms with Crippen molar-refractivity contribution in [3.8, 4) is 5.69 Å². The summed E-state index contributed by atoms with van der Waals surface area (Å²) in [7, 11) is 0. The molecule has 0 radical (unpaired) electrons. The SMILES string of the molecule is O=C(O)NCc1nnc2n1-c1ccc([N+](=O)[O-])cc1C(c1ccccc1Cl)C=C2. The second kappa shape index (κ2) is 7.36. The molecule has 29 heavy (non-hydrogen) atoms. The van der Waals surface area contributed by atoms with Crippen molar-refractivity contribution in [2.24, 2.45) is 0 Å². The van der Waals surface area contributed by atoms with Crippen molar-refractivity contribution in [3.05, 3.63) is 86.5 Å². The lowest BCUT2D eigenvalue weighted by Gasteiger charge is -2.18. The van der Waals surface area contributed by atoms with Crippen LogP contribution in [0.3, 0.4) is 0 Å². The molecule has 0 spiro atoms. The molecule has 4 rings (SSSR count). The van der Waals surface area contributed by atoms with Crippen molar-refractivity contribution in [1.29, 1.82) is 0 Å². The van der Waals surface area contributed by atoms with E-state index in [1.54, 1.807) is 22.8 Å². The van der Waals surface area contributed by atoms with Gasteiger partial charge in [0.05, 0.1) is 17.2 Å². The molecule has 1 amide bonds. The average Bonchev–Trinajstić information content (AvgIpc) is 3.02. The molecule has 0 saturated carbocycles. The second-order valence-corrected chi connectivity index (χ2v) is 6.73. The zero-order chi connectivity index (χ0) is 20.5. The van der Waals surface area contributed by atoms with Gasteiger partial charge in [0, 0.05) is 23.1 Å². The zero-order valence-corrected chi connectivity index (χ0v) is 15.6. The van der Waals surface area contributed by atoms with Gasteiger partial charge in [0.1, 0.15) is 0 Å². The van der Waals surface area contributed by atoms with Gasteiger partial charge in [-0.05, 0) is 29.3 Å². The van der Waals surface area contributed by atoms with Crippen LogP contribution in [-0.2, 0) is 6.54 Å². The van der Waals surface area contributed by atoms with E-state index in [2.05, 4.69) is 15.5 Å². The molecule has 1 aromatic heterocycles. The third-order valence-electron chi connectivity index (χ3n) is 4.63. The summed E-state index contributed by atoms with van der Waals surface area (Å²) in [6.07, 6.45) is 2.41. The van der Waals surface area contributed by atoms with Crippen molar-refractivity contribution in [2.45, 2.75) is 12.5 Å². The van der Waals surface area contributed by atoms with E-state index in [4.69, 9.17) is 16.7 Å². The number of allylic oxidation sites excluding steroid dienone is 1. The molecule has 9 nitrogen and oxygen atoms in total. The van der Waals surface area contributed by atoms with E-state index in [0.29, 0.717) is 27.9 Å².